The van der Waals surface area contributed by atoms with Crippen LogP contribution in [0.2, 0.25) is 0 Å². The normalized spacial score (nSPS) is 19.5. The molecule has 1 fully saturated rings. The van der Waals surface area contributed by atoms with Gasteiger partial charge in [0.15, 0.2) is 0 Å². The molecule has 1 aromatic rings. The van der Waals surface area contributed by atoms with Crippen LogP contribution >= 0.6 is 23.5 Å². The van der Waals surface area contributed by atoms with Gasteiger partial charge in [-0.2, -0.15) is 23.5 Å². The summed E-state index contributed by atoms with van der Waals surface area (Å²) in [5.41, 5.74) is 0. The topological polar surface area (TPSA) is 49.8 Å². The van der Waals surface area contributed by atoms with Gasteiger partial charge >= 0.3 is 0 Å². The smallest absolute Gasteiger partial charge is 0.131 e. The highest BCUT2D eigenvalue weighted by Crippen LogP contribution is 2.24. The highest BCUT2D eigenvalue weighted by Gasteiger charge is 2.13. The van der Waals surface area contributed by atoms with Gasteiger partial charge in [-0.1, -0.05) is 6.92 Å². The number of rotatable bonds is 6. The molecule has 0 spiro atoms. The molecule has 0 aliphatic carbocycles. The minimum absolute atomic E-state index is 0.700. The fourth-order valence-electron chi connectivity index (χ4n) is 1.68. The van der Waals surface area contributed by atoms with Crippen LogP contribution in [0.1, 0.15) is 13.3 Å². The van der Waals surface area contributed by atoms with Gasteiger partial charge in [0.05, 0.1) is 0 Å². The Hall–Kier alpha value is -0.620. The Kier molecular flexibility index (Phi) is 5.93. The van der Waals surface area contributed by atoms with Crippen molar-refractivity contribution in [3.63, 3.8) is 0 Å². The largest absolute Gasteiger partial charge is 0.370 e. The van der Waals surface area contributed by atoms with Crippen LogP contribution in [0.15, 0.2) is 12.4 Å². The first kappa shape index (κ1) is 13.8. The second-order valence-corrected chi connectivity index (χ2v) is 6.72. The monoisotopic (exact) mass is 284 g/mol. The minimum Gasteiger partial charge on any atom is -0.370 e. The first-order valence-electron chi connectivity index (χ1n) is 6.37. The molecule has 18 heavy (non-hydrogen) atoms. The van der Waals surface area contributed by atoms with Gasteiger partial charge in [0.2, 0.25) is 0 Å². The maximum atomic E-state index is 4.25. The number of thioether (sulfide) groups is 2. The van der Waals surface area contributed by atoms with E-state index in [1.165, 1.54) is 17.3 Å². The van der Waals surface area contributed by atoms with Crippen molar-refractivity contribution in [2.24, 2.45) is 0 Å². The Labute approximate surface area is 117 Å². The van der Waals surface area contributed by atoms with Gasteiger partial charge in [0.25, 0.3) is 0 Å². The van der Waals surface area contributed by atoms with Crippen LogP contribution in [0.4, 0.5) is 11.6 Å². The summed E-state index contributed by atoms with van der Waals surface area (Å²) in [4.78, 5) is 8.45. The molecular weight excluding hydrogens is 264 g/mol. The third kappa shape index (κ3) is 4.57. The lowest BCUT2D eigenvalue weighted by Crippen LogP contribution is -2.23. The maximum absolute atomic E-state index is 4.25. The standard InChI is InChI=1S/C12H20N4S2/c1-2-3-13-11-6-12(16-9-15-11)14-7-10-8-17-4-5-18-10/h6,9-10H,2-5,7-8H2,1H3,(H2,13,14,15,16). The maximum Gasteiger partial charge on any atom is 0.131 e. The van der Waals surface area contributed by atoms with E-state index in [9.17, 15) is 0 Å². The van der Waals surface area contributed by atoms with E-state index in [0.29, 0.717) is 5.25 Å². The van der Waals surface area contributed by atoms with E-state index in [1.54, 1.807) is 6.33 Å². The van der Waals surface area contributed by atoms with Crippen LogP contribution in [-0.4, -0.2) is 45.6 Å². The zero-order valence-electron chi connectivity index (χ0n) is 10.7. The van der Waals surface area contributed by atoms with E-state index in [2.05, 4.69) is 39.3 Å². The van der Waals surface area contributed by atoms with Crippen molar-refractivity contribution in [3.05, 3.63) is 12.4 Å². The zero-order chi connectivity index (χ0) is 12.6. The number of nitrogens with zero attached hydrogens (tertiary/aromatic N) is 2. The van der Waals surface area contributed by atoms with Crippen molar-refractivity contribution in [2.75, 3.05) is 41.0 Å². The second kappa shape index (κ2) is 7.74. The van der Waals surface area contributed by atoms with Crippen LogP contribution in [0.5, 0.6) is 0 Å². The molecule has 0 saturated carbocycles. The summed E-state index contributed by atoms with van der Waals surface area (Å²) < 4.78 is 0. The number of hydrogen-bond acceptors (Lipinski definition) is 6. The van der Waals surface area contributed by atoms with Crippen molar-refractivity contribution in [3.8, 4) is 0 Å². The summed E-state index contributed by atoms with van der Waals surface area (Å²) in [7, 11) is 0. The first-order valence-corrected chi connectivity index (χ1v) is 8.58. The number of aromatic nitrogens is 2. The molecule has 2 rings (SSSR count). The Balaban J connectivity index is 1.80. The third-order valence-electron chi connectivity index (χ3n) is 2.62. The lowest BCUT2D eigenvalue weighted by atomic mass is 10.4. The van der Waals surface area contributed by atoms with Crippen LogP contribution in [-0.2, 0) is 0 Å². The quantitative estimate of drug-likeness (QED) is 0.837. The lowest BCUT2D eigenvalue weighted by Gasteiger charge is -2.21. The molecule has 0 aromatic carbocycles. The molecule has 0 amide bonds. The van der Waals surface area contributed by atoms with E-state index in [4.69, 9.17) is 0 Å². The van der Waals surface area contributed by atoms with Crippen LogP contribution in [0.3, 0.4) is 0 Å². The third-order valence-corrected chi connectivity index (χ3v) is 5.46. The van der Waals surface area contributed by atoms with E-state index in [-0.39, 0.29) is 0 Å². The fraction of sp³-hybridized carbons (Fsp3) is 0.667. The Morgan fingerprint density at radius 1 is 1.28 bits per heavy atom. The molecule has 1 aromatic heterocycles. The predicted octanol–water partition coefficient (Wildman–Crippen LogP) is 2.56. The second-order valence-electron chi connectivity index (χ2n) is 4.16. The Morgan fingerprint density at radius 3 is 2.83 bits per heavy atom. The first-order chi connectivity index (χ1) is 8.88. The molecule has 1 atom stereocenters. The van der Waals surface area contributed by atoms with E-state index in [1.807, 2.05) is 17.8 Å². The van der Waals surface area contributed by atoms with E-state index < -0.39 is 0 Å². The van der Waals surface area contributed by atoms with E-state index >= 15 is 0 Å². The number of nitrogens with one attached hydrogen (secondary N) is 2. The minimum atomic E-state index is 0.700. The molecule has 1 saturated heterocycles. The summed E-state index contributed by atoms with van der Waals surface area (Å²) in [5.74, 6) is 5.62. The van der Waals surface area contributed by atoms with Crippen molar-refractivity contribution in [2.45, 2.75) is 18.6 Å². The molecule has 1 unspecified atom stereocenters. The summed E-state index contributed by atoms with van der Waals surface area (Å²) >= 11 is 4.10. The fourth-order valence-corrected chi connectivity index (χ4v) is 4.29. The van der Waals surface area contributed by atoms with Crippen LogP contribution in [0.25, 0.3) is 0 Å². The van der Waals surface area contributed by atoms with Gasteiger partial charge in [-0.25, -0.2) is 9.97 Å². The Bertz CT molecular complexity index is 356. The molecule has 2 N–H and O–H groups in total. The van der Waals surface area contributed by atoms with Crippen molar-refractivity contribution in [1.82, 2.24) is 9.97 Å². The average molecular weight is 284 g/mol. The molecule has 0 bridgehead atoms. The number of hydrogen-bond donors (Lipinski definition) is 2. The lowest BCUT2D eigenvalue weighted by molar-refractivity contribution is 0.958. The van der Waals surface area contributed by atoms with Gasteiger partial charge in [0, 0.05) is 41.7 Å². The number of anilines is 2. The molecule has 2 heterocycles. The zero-order valence-corrected chi connectivity index (χ0v) is 12.3. The van der Waals surface area contributed by atoms with Crippen LogP contribution < -0.4 is 10.6 Å². The van der Waals surface area contributed by atoms with Gasteiger partial charge in [-0.3, -0.25) is 0 Å². The van der Waals surface area contributed by atoms with Gasteiger partial charge in [-0.05, 0) is 6.42 Å². The molecule has 6 heteroatoms. The summed E-state index contributed by atoms with van der Waals surface area (Å²) in [6, 6.07) is 1.98. The average Bonchev–Trinajstić information content (AvgIpc) is 2.44. The molecular formula is C12H20N4S2. The van der Waals surface area contributed by atoms with Crippen molar-refractivity contribution >= 4 is 35.2 Å². The molecule has 1 aliphatic heterocycles. The predicted molar refractivity (Wildman–Crippen MR) is 82.9 cm³/mol. The molecule has 1 aliphatic rings. The summed E-state index contributed by atoms with van der Waals surface area (Å²) in [6.45, 7) is 4.08. The summed E-state index contributed by atoms with van der Waals surface area (Å²) in [5, 5.41) is 7.38. The Morgan fingerprint density at radius 2 is 2.11 bits per heavy atom. The van der Waals surface area contributed by atoms with Gasteiger partial charge < -0.3 is 10.6 Å². The highest BCUT2D eigenvalue weighted by atomic mass is 32.2. The van der Waals surface area contributed by atoms with E-state index in [0.717, 1.165) is 31.1 Å². The highest BCUT2D eigenvalue weighted by molar-refractivity contribution is 8.06. The molecule has 0 radical (unpaired) electrons. The van der Waals surface area contributed by atoms with Crippen molar-refractivity contribution < 1.29 is 0 Å². The molecule has 100 valence electrons. The SMILES string of the molecule is CCCNc1cc(NCC2CSCCS2)ncn1. The van der Waals surface area contributed by atoms with Gasteiger partial charge in [0.1, 0.15) is 18.0 Å². The molecule has 4 nitrogen and oxygen atoms in total. The van der Waals surface area contributed by atoms with Gasteiger partial charge in [-0.15, -0.1) is 0 Å². The van der Waals surface area contributed by atoms with Crippen molar-refractivity contribution in [1.29, 1.82) is 0 Å². The summed E-state index contributed by atoms with van der Waals surface area (Å²) in [6.07, 6.45) is 2.71. The van der Waals surface area contributed by atoms with Crippen LogP contribution in [0, 0.1) is 0 Å².